The second-order valence-corrected chi connectivity index (χ2v) is 4.35. The van der Waals surface area contributed by atoms with Gasteiger partial charge in [-0.15, -0.1) is 0 Å². The van der Waals surface area contributed by atoms with Crippen LogP contribution in [0.2, 0.25) is 0 Å². The van der Waals surface area contributed by atoms with Crippen LogP contribution in [0.1, 0.15) is 24.6 Å². The topological polar surface area (TPSA) is 34.8 Å². The third-order valence-corrected chi connectivity index (χ3v) is 2.68. The quantitative estimate of drug-likeness (QED) is 0.770. The summed E-state index contributed by atoms with van der Waals surface area (Å²) in [7, 11) is 1.94. The SMILES string of the molecule is CCCNCc1ccn(Cc2ccn(C)n2)c1. The lowest BCUT2D eigenvalue weighted by Crippen LogP contribution is -2.13. The van der Waals surface area contributed by atoms with Crippen LogP contribution in [0.4, 0.5) is 0 Å². The fraction of sp³-hybridized carbons (Fsp3) is 0.462. The molecule has 0 aliphatic heterocycles. The Hall–Kier alpha value is -1.55. The molecule has 0 fully saturated rings. The van der Waals surface area contributed by atoms with E-state index in [1.807, 2.05) is 17.9 Å². The Morgan fingerprint density at radius 1 is 1.29 bits per heavy atom. The first-order chi connectivity index (χ1) is 8.28. The average Bonchev–Trinajstić information content (AvgIpc) is 2.90. The first-order valence-electron chi connectivity index (χ1n) is 6.12. The molecule has 2 heterocycles. The zero-order valence-electron chi connectivity index (χ0n) is 10.6. The lowest BCUT2D eigenvalue weighted by molar-refractivity contribution is 0.671. The number of rotatable bonds is 6. The minimum absolute atomic E-state index is 0.842. The number of nitrogens with one attached hydrogen (secondary N) is 1. The molecule has 0 bridgehead atoms. The number of hydrogen-bond acceptors (Lipinski definition) is 2. The molecule has 0 radical (unpaired) electrons. The highest BCUT2D eigenvalue weighted by molar-refractivity contribution is 5.12. The molecule has 0 aromatic carbocycles. The predicted octanol–water partition coefficient (Wildman–Crippen LogP) is 1.77. The van der Waals surface area contributed by atoms with Gasteiger partial charge in [0.15, 0.2) is 0 Å². The fourth-order valence-electron chi connectivity index (χ4n) is 1.84. The van der Waals surface area contributed by atoms with Gasteiger partial charge in [-0.25, -0.2) is 0 Å². The molecular formula is C13H20N4. The summed E-state index contributed by atoms with van der Waals surface area (Å²) >= 11 is 0. The van der Waals surface area contributed by atoms with E-state index in [4.69, 9.17) is 0 Å². The number of hydrogen-bond donors (Lipinski definition) is 1. The van der Waals surface area contributed by atoms with Gasteiger partial charge in [0, 0.05) is 32.2 Å². The molecule has 0 aliphatic rings. The van der Waals surface area contributed by atoms with Gasteiger partial charge in [0.25, 0.3) is 0 Å². The van der Waals surface area contributed by atoms with Crippen molar-refractivity contribution < 1.29 is 0 Å². The summed E-state index contributed by atoms with van der Waals surface area (Å²) in [5.41, 5.74) is 2.42. The van der Waals surface area contributed by atoms with Crippen LogP contribution < -0.4 is 5.32 Å². The van der Waals surface area contributed by atoms with Crippen molar-refractivity contribution in [2.24, 2.45) is 7.05 Å². The highest BCUT2D eigenvalue weighted by Crippen LogP contribution is 2.04. The van der Waals surface area contributed by atoms with Gasteiger partial charge >= 0.3 is 0 Å². The van der Waals surface area contributed by atoms with E-state index in [0.717, 1.165) is 25.3 Å². The largest absolute Gasteiger partial charge is 0.348 e. The van der Waals surface area contributed by atoms with Crippen LogP contribution >= 0.6 is 0 Å². The summed E-state index contributed by atoms with van der Waals surface area (Å²) in [5.74, 6) is 0. The van der Waals surface area contributed by atoms with Crippen molar-refractivity contribution in [3.05, 3.63) is 42.0 Å². The third-order valence-electron chi connectivity index (χ3n) is 2.68. The maximum Gasteiger partial charge on any atom is 0.0821 e. The summed E-state index contributed by atoms with van der Waals surface area (Å²) in [6.07, 6.45) is 7.44. The van der Waals surface area contributed by atoms with E-state index >= 15 is 0 Å². The smallest absolute Gasteiger partial charge is 0.0821 e. The van der Waals surface area contributed by atoms with Crippen LogP contribution in [-0.2, 0) is 20.1 Å². The standard InChI is InChI=1S/C13H20N4/c1-3-6-14-9-12-4-8-17(10-12)11-13-5-7-16(2)15-13/h4-5,7-8,10,14H,3,6,9,11H2,1-2H3. The molecular weight excluding hydrogens is 212 g/mol. The summed E-state index contributed by atoms with van der Waals surface area (Å²) in [5, 5.41) is 7.77. The van der Waals surface area contributed by atoms with Crippen molar-refractivity contribution in [1.29, 1.82) is 0 Å². The Kier molecular flexibility index (Phi) is 3.98. The van der Waals surface area contributed by atoms with E-state index in [9.17, 15) is 0 Å². The molecule has 0 spiro atoms. The fourth-order valence-corrected chi connectivity index (χ4v) is 1.84. The molecule has 0 saturated heterocycles. The Morgan fingerprint density at radius 2 is 2.18 bits per heavy atom. The second-order valence-electron chi connectivity index (χ2n) is 4.35. The van der Waals surface area contributed by atoms with E-state index in [2.05, 4.69) is 46.4 Å². The van der Waals surface area contributed by atoms with Crippen LogP contribution in [0.15, 0.2) is 30.7 Å². The maximum atomic E-state index is 4.37. The van der Waals surface area contributed by atoms with Crippen molar-refractivity contribution in [3.63, 3.8) is 0 Å². The maximum absolute atomic E-state index is 4.37. The molecule has 1 N–H and O–H groups in total. The third kappa shape index (κ3) is 3.46. The van der Waals surface area contributed by atoms with Crippen LogP contribution in [0.3, 0.4) is 0 Å². The zero-order chi connectivity index (χ0) is 12.1. The van der Waals surface area contributed by atoms with Gasteiger partial charge in [-0.3, -0.25) is 4.68 Å². The molecule has 0 atom stereocenters. The van der Waals surface area contributed by atoms with Crippen LogP contribution in [0.5, 0.6) is 0 Å². The molecule has 0 aliphatic carbocycles. The molecule has 4 heteroatoms. The Bertz CT molecular complexity index is 455. The van der Waals surface area contributed by atoms with Gasteiger partial charge in [0.2, 0.25) is 0 Å². The van der Waals surface area contributed by atoms with Crippen LogP contribution in [-0.4, -0.2) is 20.9 Å². The highest BCUT2D eigenvalue weighted by atomic mass is 15.3. The molecule has 0 unspecified atom stereocenters. The molecule has 2 aromatic rings. The van der Waals surface area contributed by atoms with Gasteiger partial charge in [-0.05, 0) is 30.7 Å². The monoisotopic (exact) mass is 232 g/mol. The molecule has 17 heavy (non-hydrogen) atoms. The summed E-state index contributed by atoms with van der Waals surface area (Å²) in [6.45, 7) is 5.04. The van der Waals surface area contributed by atoms with E-state index < -0.39 is 0 Å². The lowest BCUT2D eigenvalue weighted by Gasteiger charge is -2.00. The normalized spacial score (nSPS) is 10.9. The number of aromatic nitrogens is 3. The number of aryl methyl sites for hydroxylation is 1. The minimum atomic E-state index is 0.842. The van der Waals surface area contributed by atoms with Gasteiger partial charge in [0.1, 0.15) is 0 Å². The zero-order valence-corrected chi connectivity index (χ0v) is 10.6. The highest BCUT2D eigenvalue weighted by Gasteiger charge is 2.00. The average molecular weight is 232 g/mol. The van der Waals surface area contributed by atoms with Crippen molar-refractivity contribution in [2.75, 3.05) is 6.54 Å². The minimum Gasteiger partial charge on any atom is -0.348 e. The Labute approximate surface area is 102 Å². The van der Waals surface area contributed by atoms with Crippen LogP contribution in [0, 0.1) is 0 Å². The molecule has 2 aromatic heterocycles. The van der Waals surface area contributed by atoms with E-state index in [-0.39, 0.29) is 0 Å². The molecule has 0 saturated carbocycles. The summed E-state index contributed by atoms with van der Waals surface area (Å²) in [6, 6.07) is 4.21. The van der Waals surface area contributed by atoms with Crippen molar-refractivity contribution in [3.8, 4) is 0 Å². The van der Waals surface area contributed by atoms with E-state index in [1.54, 1.807) is 0 Å². The molecule has 92 valence electrons. The number of nitrogens with zero attached hydrogens (tertiary/aromatic N) is 3. The predicted molar refractivity (Wildman–Crippen MR) is 68.7 cm³/mol. The first kappa shape index (κ1) is 11.9. The Balaban J connectivity index is 1.89. The summed E-state index contributed by atoms with van der Waals surface area (Å²) < 4.78 is 4.01. The van der Waals surface area contributed by atoms with E-state index in [0.29, 0.717) is 0 Å². The molecule has 0 amide bonds. The van der Waals surface area contributed by atoms with E-state index in [1.165, 1.54) is 12.0 Å². The van der Waals surface area contributed by atoms with Gasteiger partial charge in [-0.2, -0.15) is 5.10 Å². The summed E-state index contributed by atoms with van der Waals surface area (Å²) in [4.78, 5) is 0. The molecule has 2 rings (SSSR count). The Morgan fingerprint density at radius 3 is 2.88 bits per heavy atom. The van der Waals surface area contributed by atoms with Gasteiger partial charge < -0.3 is 9.88 Å². The van der Waals surface area contributed by atoms with Crippen molar-refractivity contribution in [1.82, 2.24) is 19.7 Å². The van der Waals surface area contributed by atoms with Crippen LogP contribution in [0.25, 0.3) is 0 Å². The van der Waals surface area contributed by atoms with Crippen molar-refractivity contribution in [2.45, 2.75) is 26.4 Å². The van der Waals surface area contributed by atoms with Crippen molar-refractivity contribution >= 4 is 0 Å². The first-order valence-corrected chi connectivity index (χ1v) is 6.12. The van der Waals surface area contributed by atoms with Gasteiger partial charge in [-0.1, -0.05) is 6.92 Å². The molecule has 4 nitrogen and oxygen atoms in total. The van der Waals surface area contributed by atoms with Gasteiger partial charge in [0.05, 0.1) is 12.2 Å². The second kappa shape index (κ2) is 5.68. The lowest BCUT2D eigenvalue weighted by atomic mass is 10.3.